The van der Waals surface area contributed by atoms with Gasteiger partial charge in [-0.05, 0) is 19.8 Å². The molecule has 1 aromatic heterocycles. The molecule has 0 bridgehead atoms. The number of hydrogen-bond acceptors (Lipinski definition) is 5. The van der Waals surface area contributed by atoms with Crippen molar-refractivity contribution in [3.8, 4) is 0 Å². The Hall–Kier alpha value is -1.36. The van der Waals surface area contributed by atoms with Crippen molar-refractivity contribution in [1.82, 2.24) is 9.97 Å². The van der Waals surface area contributed by atoms with Crippen molar-refractivity contribution in [3.05, 3.63) is 12.4 Å². The molecule has 0 radical (unpaired) electrons. The lowest BCUT2D eigenvalue weighted by Crippen LogP contribution is -2.08. The molecule has 0 saturated heterocycles. The molecule has 0 atom stereocenters. The van der Waals surface area contributed by atoms with Crippen LogP contribution < -0.4 is 10.6 Å². The summed E-state index contributed by atoms with van der Waals surface area (Å²) in [6.45, 7) is 7.62. The van der Waals surface area contributed by atoms with Gasteiger partial charge in [-0.15, -0.1) is 0 Å². The molecule has 0 spiro atoms. The highest BCUT2D eigenvalue weighted by Crippen LogP contribution is 2.07. The third kappa shape index (κ3) is 6.39. The van der Waals surface area contributed by atoms with Crippen molar-refractivity contribution >= 4 is 11.6 Å². The molecule has 0 aliphatic carbocycles. The van der Waals surface area contributed by atoms with E-state index in [0.29, 0.717) is 0 Å². The zero-order chi connectivity index (χ0) is 13.1. The average molecular weight is 252 g/mol. The summed E-state index contributed by atoms with van der Waals surface area (Å²) >= 11 is 0. The summed E-state index contributed by atoms with van der Waals surface area (Å²) in [5.41, 5.74) is 0. The van der Waals surface area contributed by atoms with Crippen LogP contribution in [0.2, 0.25) is 0 Å². The molecule has 1 rings (SSSR count). The monoisotopic (exact) mass is 252 g/mol. The molecular formula is C13H24N4O. The van der Waals surface area contributed by atoms with Crippen LogP contribution in [0.15, 0.2) is 12.4 Å². The molecule has 0 aliphatic rings. The molecule has 0 aliphatic heterocycles. The van der Waals surface area contributed by atoms with Gasteiger partial charge in [0.2, 0.25) is 0 Å². The first-order valence-corrected chi connectivity index (χ1v) is 6.74. The Morgan fingerprint density at radius 2 is 1.78 bits per heavy atom. The normalized spacial score (nSPS) is 10.3. The second-order valence-electron chi connectivity index (χ2n) is 4.07. The second-order valence-corrected chi connectivity index (χ2v) is 4.07. The zero-order valence-electron chi connectivity index (χ0n) is 11.4. The molecule has 0 aromatic carbocycles. The Morgan fingerprint density at radius 1 is 1.06 bits per heavy atom. The van der Waals surface area contributed by atoms with Crippen LogP contribution in [-0.4, -0.2) is 36.3 Å². The maximum atomic E-state index is 5.49. The predicted molar refractivity (Wildman–Crippen MR) is 75.0 cm³/mol. The standard InChI is InChI=1S/C13H24N4O/c1-3-5-8-18-9-6-7-15-13-10-12(14-4-2)16-11-17-13/h10-11H,3-9H2,1-2H3,(H2,14,15,16,17). The lowest BCUT2D eigenvalue weighted by atomic mass is 10.3. The third-order valence-electron chi connectivity index (χ3n) is 2.44. The quantitative estimate of drug-likeness (QED) is 0.627. The van der Waals surface area contributed by atoms with Gasteiger partial charge in [-0.25, -0.2) is 9.97 Å². The van der Waals surface area contributed by atoms with E-state index in [-0.39, 0.29) is 0 Å². The molecule has 2 N–H and O–H groups in total. The molecule has 18 heavy (non-hydrogen) atoms. The molecular weight excluding hydrogens is 228 g/mol. The summed E-state index contributed by atoms with van der Waals surface area (Å²) in [5.74, 6) is 1.71. The second kappa shape index (κ2) is 9.65. The summed E-state index contributed by atoms with van der Waals surface area (Å²) < 4.78 is 5.49. The number of hydrogen-bond donors (Lipinski definition) is 2. The van der Waals surface area contributed by atoms with Gasteiger partial charge in [-0.3, -0.25) is 0 Å². The average Bonchev–Trinajstić information content (AvgIpc) is 2.39. The number of rotatable bonds is 10. The largest absolute Gasteiger partial charge is 0.381 e. The molecule has 0 fully saturated rings. The van der Waals surface area contributed by atoms with E-state index in [9.17, 15) is 0 Å². The van der Waals surface area contributed by atoms with Gasteiger partial charge < -0.3 is 15.4 Å². The SMILES string of the molecule is CCCCOCCCNc1cc(NCC)ncn1. The number of nitrogens with zero attached hydrogens (tertiary/aromatic N) is 2. The predicted octanol–water partition coefficient (Wildman–Crippen LogP) is 2.53. The maximum absolute atomic E-state index is 5.49. The third-order valence-corrected chi connectivity index (χ3v) is 2.44. The summed E-state index contributed by atoms with van der Waals surface area (Å²) in [7, 11) is 0. The molecule has 1 aromatic rings. The first-order valence-electron chi connectivity index (χ1n) is 6.74. The molecule has 0 unspecified atom stereocenters. The van der Waals surface area contributed by atoms with E-state index < -0.39 is 0 Å². The van der Waals surface area contributed by atoms with Crippen molar-refractivity contribution < 1.29 is 4.74 Å². The Labute approximate surface area is 109 Å². The van der Waals surface area contributed by atoms with Crippen LogP contribution in [0.3, 0.4) is 0 Å². The Kier molecular flexibility index (Phi) is 7.88. The summed E-state index contributed by atoms with van der Waals surface area (Å²) in [6.07, 6.45) is 4.89. The first kappa shape index (κ1) is 14.7. The van der Waals surface area contributed by atoms with Crippen molar-refractivity contribution in [2.45, 2.75) is 33.1 Å². The lowest BCUT2D eigenvalue weighted by Gasteiger charge is -2.07. The molecule has 5 heteroatoms. The van der Waals surface area contributed by atoms with Gasteiger partial charge in [-0.1, -0.05) is 13.3 Å². The van der Waals surface area contributed by atoms with Gasteiger partial charge in [0.05, 0.1) is 0 Å². The minimum absolute atomic E-state index is 0.804. The van der Waals surface area contributed by atoms with Crippen molar-refractivity contribution in [3.63, 3.8) is 0 Å². The highest BCUT2D eigenvalue weighted by molar-refractivity contribution is 5.46. The number of aromatic nitrogens is 2. The summed E-state index contributed by atoms with van der Waals surface area (Å²) in [4.78, 5) is 8.29. The van der Waals surface area contributed by atoms with Crippen LogP contribution in [0.5, 0.6) is 0 Å². The molecule has 0 amide bonds. The van der Waals surface area contributed by atoms with E-state index in [2.05, 4.69) is 27.5 Å². The van der Waals surface area contributed by atoms with E-state index in [1.807, 2.05) is 13.0 Å². The van der Waals surface area contributed by atoms with Gasteiger partial charge in [0.25, 0.3) is 0 Å². The number of ether oxygens (including phenoxy) is 1. The molecule has 102 valence electrons. The van der Waals surface area contributed by atoms with Crippen LogP contribution in [0.1, 0.15) is 33.1 Å². The Morgan fingerprint density at radius 3 is 2.50 bits per heavy atom. The van der Waals surface area contributed by atoms with Gasteiger partial charge in [0, 0.05) is 32.4 Å². The van der Waals surface area contributed by atoms with Crippen LogP contribution >= 0.6 is 0 Å². The Balaban J connectivity index is 2.13. The first-order chi connectivity index (χ1) is 8.86. The van der Waals surface area contributed by atoms with Crippen LogP contribution in [0, 0.1) is 0 Å². The van der Waals surface area contributed by atoms with E-state index in [1.165, 1.54) is 6.42 Å². The van der Waals surface area contributed by atoms with Crippen LogP contribution in [0.4, 0.5) is 11.6 Å². The van der Waals surface area contributed by atoms with Crippen molar-refractivity contribution in [1.29, 1.82) is 0 Å². The molecule has 0 saturated carbocycles. The van der Waals surface area contributed by atoms with Crippen LogP contribution in [0.25, 0.3) is 0 Å². The Bertz CT molecular complexity index is 320. The maximum Gasteiger partial charge on any atom is 0.131 e. The number of unbranched alkanes of at least 4 members (excludes halogenated alkanes) is 1. The van der Waals surface area contributed by atoms with Gasteiger partial charge >= 0.3 is 0 Å². The van der Waals surface area contributed by atoms with Gasteiger partial charge in [0.1, 0.15) is 18.0 Å². The molecule has 5 nitrogen and oxygen atoms in total. The fourth-order valence-corrected chi connectivity index (χ4v) is 1.47. The van der Waals surface area contributed by atoms with E-state index in [0.717, 1.165) is 50.8 Å². The highest BCUT2D eigenvalue weighted by atomic mass is 16.5. The lowest BCUT2D eigenvalue weighted by molar-refractivity contribution is 0.131. The summed E-state index contributed by atoms with van der Waals surface area (Å²) in [5, 5.41) is 6.42. The van der Waals surface area contributed by atoms with E-state index in [4.69, 9.17) is 4.74 Å². The fourth-order valence-electron chi connectivity index (χ4n) is 1.47. The number of nitrogens with one attached hydrogen (secondary N) is 2. The smallest absolute Gasteiger partial charge is 0.131 e. The highest BCUT2D eigenvalue weighted by Gasteiger charge is 1.97. The van der Waals surface area contributed by atoms with Crippen molar-refractivity contribution in [2.24, 2.45) is 0 Å². The topological polar surface area (TPSA) is 59.1 Å². The van der Waals surface area contributed by atoms with Crippen LogP contribution in [-0.2, 0) is 4.74 Å². The minimum atomic E-state index is 0.804. The minimum Gasteiger partial charge on any atom is -0.381 e. The summed E-state index contributed by atoms with van der Waals surface area (Å²) in [6, 6.07) is 1.92. The van der Waals surface area contributed by atoms with Gasteiger partial charge in [0.15, 0.2) is 0 Å². The van der Waals surface area contributed by atoms with E-state index >= 15 is 0 Å². The van der Waals surface area contributed by atoms with Gasteiger partial charge in [-0.2, -0.15) is 0 Å². The number of anilines is 2. The zero-order valence-corrected chi connectivity index (χ0v) is 11.4. The van der Waals surface area contributed by atoms with E-state index in [1.54, 1.807) is 6.33 Å². The van der Waals surface area contributed by atoms with Crippen molar-refractivity contribution in [2.75, 3.05) is 36.9 Å². The molecule has 1 heterocycles. The fraction of sp³-hybridized carbons (Fsp3) is 0.692.